The van der Waals surface area contributed by atoms with Gasteiger partial charge in [0.05, 0.1) is 29.0 Å². The number of hydrogen-bond acceptors (Lipinski definition) is 7. The van der Waals surface area contributed by atoms with Gasteiger partial charge in [-0.1, -0.05) is 29.8 Å². The Labute approximate surface area is 230 Å². The summed E-state index contributed by atoms with van der Waals surface area (Å²) >= 11 is 7.67. The molecule has 1 aliphatic heterocycles. The van der Waals surface area contributed by atoms with Crippen molar-refractivity contribution in [1.29, 1.82) is 0 Å². The highest BCUT2D eigenvalue weighted by atomic mass is 35.5. The van der Waals surface area contributed by atoms with Crippen molar-refractivity contribution >= 4 is 44.7 Å². The highest BCUT2D eigenvalue weighted by Gasteiger charge is 2.32. The second kappa shape index (κ2) is 10.5. The van der Waals surface area contributed by atoms with Crippen molar-refractivity contribution < 1.29 is 19.4 Å². The van der Waals surface area contributed by atoms with Crippen LogP contribution in [0, 0.1) is 6.92 Å². The van der Waals surface area contributed by atoms with Gasteiger partial charge in [0, 0.05) is 22.3 Å². The van der Waals surface area contributed by atoms with Gasteiger partial charge in [-0.2, -0.15) is 0 Å². The lowest BCUT2D eigenvalue weighted by Crippen LogP contribution is -2.28. The average molecular weight is 550 g/mol. The molecule has 5 rings (SSSR count). The maximum atomic E-state index is 12.5. The SMILES string of the molecule is Cc1cc2nc(-c3ccnc(C4=CCOCC4)n3)sc2c(-c2ccc(Cl)cc2)c1[C@H](OC(C)(C)C)C(=O)O. The molecule has 196 valence electrons. The number of carboxylic acids is 1. The van der Waals surface area contributed by atoms with Crippen LogP contribution in [0.3, 0.4) is 0 Å². The summed E-state index contributed by atoms with van der Waals surface area (Å²) < 4.78 is 12.4. The maximum absolute atomic E-state index is 12.5. The van der Waals surface area contributed by atoms with Crippen molar-refractivity contribution in [2.45, 2.75) is 45.8 Å². The molecule has 2 aromatic heterocycles. The fourth-order valence-electron chi connectivity index (χ4n) is 4.51. The molecule has 0 aliphatic carbocycles. The molecule has 0 radical (unpaired) electrons. The molecule has 38 heavy (non-hydrogen) atoms. The van der Waals surface area contributed by atoms with Gasteiger partial charge in [-0.05, 0) is 75.1 Å². The Hall–Kier alpha value is -3.17. The lowest BCUT2D eigenvalue weighted by molar-refractivity contribution is -0.160. The molecule has 0 saturated heterocycles. The normalized spacial score (nSPS) is 14.9. The number of nitrogens with zero attached hydrogens (tertiary/aromatic N) is 3. The van der Waals surface area contributed by atoms with Gasteiger partial charge in [0.2, 0.25) is 0 Å². The third-order valence-electron chi connectivity index (χ3n) is 6.14. The first-order valence-corrected chi connectivity index (χ1v) is 13.5. The van der Waals surface area contributed by atoms with E-state index in [9.17, 15) is 9.90 Å². The molecule has 4 aromatic rings. The van der Waals surface area contributed by atoms with Crippen molar-refractivity contribution in [1.82, 2.24) is 15.0 Å². The zero-order valence-corrected chi connectivity index (χ0v) is 23.2. The van der Waals surface area contributed by atoms with Crippen molar-refractivity contribution in [3.63, 3.8) is 0 Å². The number of hydrogen-bond donors (Lipinski definition) is 1. The number of thiazole rings is 1. The summed E-state index contributed by atoms with van der Waals surface area (Å²) in [6.07, 6.45) is 3.35. The summed E-state index contributed by atoms with van der Waals surface area (Å²) in [5, 5.41) is 11.6. The van der Waals surface area contributed by atoms with Gasteiger partial charge in [-0.25, -0.2) is 19.7 Å². The number of rotatable bonds is 6. The zero-order chi connectivity index (χ0) is 27.0. The van der Waals surface area contributed by atoms with Crippen LogP contribution >= 0.6 is 22.9 Å². The highest BCUT2D eigenvalue weighted by Crippen LogP contribution is 2.44. The van der Waals surface area contributed by atoms with Crippen LogP contribution in [0.1, 0.15) is 50.2 Å². The first-order chi connectivity index (χ1) is 18.1. The Balaban J connectivity index is 1.72. The van der Waals surface area contributed by atoms with Gasteiger partial charge in [0.1, 0.15) is 10.7 Å². The van der Waals surface area contributed by atoms with E-state index < -0.39 is 17.7 Å². The number of carboxylic acid groups (broad SMARTS) is 1. The van der Waals surface area contributed by atoms with Crippen LogP contribution in [-0.4, -0.2) is 44.8 Å². The third kappa shape index (κ3) is 5.49. The zero-order valence-electron chi connectivity index (χ0n) is 21.6. The first kappa shape index (κ1) is 26.4. The van der Waals surface area contributed by atoms with Crippen LogP contribution in [0.5, 0.6) is 0 Å². The molecule has 0 bridgehead atoms. The lowest BCUT2D eigenvalue weighted by atomic mass is 9.91. The van der Waals surface area contributed by atoms with E-state index in [0.717, 1.165) is 43.9 Å². The molecule has 1 aliphatic rings. The van der Waals surface area contributed by atoms with Crippen LogP contribution < -0.4 is 0 Å². The minimum Gasteiger partial charge on any atom is -0.479 e. The monoisotopic (exact) mass is 549 g/mol. The third-order valence-corrected chi connectivity index (χ3v) is 7.51. The van der Waals surface area contributed by atoms with Gasteiger partial charge >= 0.3 is 5.97 Å². The summed E-state index contributed by atoms with van der Waals surface area (Å²) in [6.45, 7) is 8.65. The van der Waals surface area contributed by atoms with Crippen LogP contribution in [0.15, 0.2) is 48.7 Å². The number of fused-ring (bicyclic) bond motifs is 1. The Kier molecular flexibility index (Phi) is 7.33. The molecule has 7 nitrogen and oxygen atoms in total. The Morgan fingerprint density at radius 1 is 1.18 bits per heavy atom. The Morgan fingerprint density at radius 3 is 2.61 bits per heavy atom. The number of aliphatic carboxylic acids is 1. The molecule has 3 heterocycles. The van der Waals surface area contributed by atoms with Gasteiger partial charge in [-0.15, -0.1) is 11.3 Å². The smallest absolute Gasteiger partial charge is 0.337 e. The van der Waals surface area contributed by atoms with Crippen molar-refractivity contribution in [3.8, 4) is 21.8 Å². The van der Waals surface area contributed by atoms with Crippen molar-refractivity contribution in [2.75, 3.05) is 13.2 Å². The van der Waals surface area contributed by atoms with E-state index in [0.29, 0.717) is 35.3 Å². The van der Waals surface area contributed by atoms with E-state index in [1.807, 2.05) is 58.0 Å². The van der Waals surface area contributed by atoms with Crippen LogP contribution in [0.25, 0.3) is 37.6 Å². The number of aryl methyl sites for hydroxylation is 1. The molecule has 0 fully saturated rings. The minimum absolute atomic E-state index is 0.554. The molecule has 1 N–H and O–H groups in total. The minimum atomic E-state index is -1.17. The summed E-state index contributed by atoms with van der Waals surface area (Å²) in [5.41, 5.74) is 4.87. The first-order valence-electron chi connectivity index (χ1n) is 12.3. The summed E-state index contributed by atoms with van der Waals surface area (Å²) in [6, 6.07) is 11.2. The number of aromatic nitrogens is 3. The van der Waals surface area contributed by atoms with Gasteiger partial charge in [-0.3, -0.25) is 0 Å². The van der Waals surface area contributed by atoms with Crippen LogP contribution in [0.4, 0.5) is 0 Å². The second-order valence-electron chi connectivity index (χ2n) is 10.1. The quantitative estimate of drug-likeness (QED) is 0.273. The van der Waals surface area contributed by atoms with Gasteiger partial charge in [0.25, 0.3) is 0 Å². The Morgan fingerprint density at radius 2 is 1.95 bits per heavy atom. The lowest BCUT2D eigenvalue weighted by Gasteiger charge is -2.28. The molecular formula is C29H28ClN3O4S. The predicted octanol–water partition coefficient (Wildman–Crippen LogP) is 7.13. The molecule has 0 unspecified atom stereocenters. The molecule has 0 saturated carbocycles. The predicted molar refractivity (Wildman–Crippen MR) is 150 cm³/mol. The van der Waals surface area contributed by atoms with Crippen LogP contribution in [-0.2, 0) is 14.3 Å². The topological polar surface area (TPSA) is 94.4 Å². The largest absolute Gasteiger partial charge is 0.479 e. The summed E-state index contributed by atoms with van der Waals surface area (Å²) in [4.78, 5) is 26.7. The number of ether oxygens (including phenoxy) is 2. The van der Waals surface area contributed by atoms with E-state index in [1.165, 1.54) is 11.3 Å². The van der Waals surface area contributed by atoms with E-state index in [1.54, 1.807) is 18.3 Å². The molecule has 0 spiro atoms. The van der Waals surface area contributed by atoms with Crippen molar-refractivity contribution in [2.24, 2.45) is 0 Å². The standard InChI is InChI=1S/C29H28ClN3O4S/c1-16-15-21-25(38-27(33-21)20-9-12-31-26(32-20)18-10-13-36-14-11-18)23(17-5-7-19(30)8-6-17)22(16)24(28(34)35)37-29(2,3)4/h5-10,12,15,24H,11,13-14H2,1-4H3,(H,34,35)/t24-/m0/s1. The average Bonchev–Trinajstić information content (AvgIpc) is 3.31. The second-order valence-corrected chi connectivity index (χ2v) is 11.6. The molecule has 2 aromatic carbocycles. The van der Waals surface area contributed by atoms with Crippen molar-refractivity contribution in [3.05, 3.63) is 70.6 Å². The van der Waals surface area contributed by atoms with E-state index in [-0.39, 0.29) is 0 Å². The summed E-state index contributed by atoms with van der Waals surface area (Å²) in [7, 11) is 0. The number of carbonyl (C=O) groups is 1. The maximum Gasteiger partial charge on any atom is 0.337 e. The fraction of sp³-hybridized carbons (Fsp3) is 0.310. The molecular weight excluding hydrogens is 522 g/mol. The van der Waals surface area contributed by atoms with E-state index in [4.69, 9.17) is 31.0 Å². The summed E-state index contributed by atoms with van der Waals surface area (Å²) in [5.74, 6) is -0.378. The highest BCUT2D eigenvalue weighted by molar-refractivity contribution is 7.22. The van der Waals surface area contributed by atoms with E-state index >= 15 is 0 Å². The van der Waals surface area contributed by atoms with Gasteiger partial charge in [0.15, 0.2) is 11.9 Å². The molecule has 0 amide bonds. The number of benzene rings is 2. The van der Waals surface area contributed by atoms with E-state index in [2.05, 4.69) is 4.98 Å². The Bertz CT molecular complexity index is 1540. The molecule has 1 atom stereocenters. The number of halogens is 1. The van der Waals surface area contributed by atoms with Gasteiger partial charge < -0.3 is 14.6 Å². The fourth-order valence-corrected chi connectivity index (χ4v) is 5.73. The molecule has 9 heteroatoms. The van der Waals surface area contributed by atoms with Crippen LogP contribution in [0.2, 0.25) is 5.02 Å².